The molecule has 0 aliphatic carbocycles. The Kier molecular flexibility index (Phi) is 5.41. The molecule has 0 radical (unpaired) electrons. The number of carbonyl (C=O) groups is 1. The first kappa shape index (κ1) is 16.6. The molecule has 6 heteroatoms. The molecule has 0 saturated carbocycles. The van der Waals surface area contributed by atoms with Gasteiger partial charge in [-0.15, -0.1) is 0 Å². The lowest BCUT2D eigenvalue weighted by Crippen LogP contribution is -2.10. The van der Waals surface area contributed by atoms with E-state index < -0.39 is 5.97 Å². The van der Waals surface area contributed by atoms with Crippen LogP contribution in [-0.2, 0) is 16.6 Å². The summed E-state index contributed by atoms with van der Waals surface area (Å²) in [5.41, 5.74) is 1.13. The number of aryl methyl sites for hydroxylation is 1. The third-order valence-electron chi connectivity index (χ3n) is 3.24. The summed E-state index contributed by atoms with van der Waals surface area (Å²) in [6, 6.07) is 5.39. The van der Waals surface area contributed by atoms with Crippen LogP contribution in [-0.4, -0.2) is 36.3 Å². The molecule has 0 atom stereocenters. The summed E-state index contributed by atoms with van der Waals surface area (Å²) in [6.45, 7) is 2.06. The minimum atomic E-state index is -0.427. The van der Waals surface area contributed by atoms with Crippen LogP contribution in [0.2, 0.25) is 0 Å². The maximum absolute atomic E-state index is 12.3. The van der Waals surface area contributed by atoms with Gasteiger partial charge in [-0.05, 0) is 30.7 Å². The number of aromatic nitrogens is 2. The normalized spacial score (nSPS) is 11.2. The van der Waals surface area contributed by atoms with Gasteiger partial charge < -0.3 is 18.8 Å². The zero-order valence-electron chi connectivity index (χ0n) is 13.7. The number of rotatable bonds is 6. The van der Waals surface area contributed by atoms with Crippen molar-refractivity contribution in [1.82, 2.24) is 9.55 Å². The third-order valence-corrected chi connectivity index (χ3v) is 3.24. The van der Waals surface area contributed by atoms with Crippen molar-refractivity contribution >= 4 is 17.6 Å². The maximum Gasteiger partial charge on any atom is 0.341 e. The van der Waals surface area contributed by atoms with Crippen LogP contribution in [0, 0.1) is 0 Å². The molecule has 0 amide bonds. The SMILES string of the molecule is CCOC(=O)/C(=C/c1cc(OC)cc(OC)c1)c1nccn1C. The van der Waals surface area contributed by atoms with Gasteiger partial charge in [0.05, 0.1) is 20.8 Å². The summed E-state index contributed by atoms with van der Waals surface area (Å²) >= 11 is 0. The molecule has 1 aromatic carbocycles. The molecule has 23 heavy (non-hydrogen) atoms. The van der Waals surface area contributed by atoms with Crippen molar-refractivity contribution in [3.8, 4) is 11.5 Å². The van der Waals surface area contributed by atoms with Gasteiger partial charge in [0.15, 0.2) is 0 Å². The first-order valence-corrected chi connectivity index (χ1v) is 7.18. The fourth-order valence-electron chi connectivity index (χ4n) is 2.13. The van der Waals surface area contributed by atoms with Crippen LogP contribution in [0.15, 0.2) is 30.6 Å². The summed E-state index contributed by atoms with van der Waals surface area (Å²) in [6.07, 6.45) is 5.12. The highest BCUT2D eigenvalue weighted by atomic mass is 16.5. The minimum Gasteiger partial charge on any atom is -0.497 e. The van der Waals surface area contributed by atoms with Crippen LogP contribution in [0.4, 0.5) is 0 Å². The molecular formula is C17H20N2O4. The Balaban J connectivity index is 2.52. The summed E-state index contributed by atoms with van der Waals surface area (Å²) in [5, 5.41) is 0. The van der Waals surface area contributed by atoms with E-state index in [4.69, 9.17) is 14.2 Å². The Labute approximate surface area is 135 Å². The van der Waals surface area contributed by atoms with E-state index in [1.54, 1.807) is 50.2 Å². The van der Waals surface area contributed by atoms with Crippen LogP contribution in [0.25, 0.3) is 11.6 Å². The number of imidazole rings is 1. The van der Waals surface area contributed by atoms with Crippen molar-refractivity contribution in [1.29, 1.82) is 0 Å². The summed E-state index contributed by atoms with van der Waals surface area (Å²) in [5.74, 6) is 1.38. The number of nitrogens with zero attached hydrogens (tertiary/aromatic N) is 2. The first-order chi connectivity index (χ1) is 11.1. The van der Waals surface area contributed by atoms with E-state index >= 15 is 0 Å². The van der Waals surface area contributed by atoms with E-state index in [1.807, 2.05) is 19.2 Å². The smallest absolute Gasteiger partial charge is 0.341 e. The average Bonchev–Trinajstić information content (AvgIpc) is 2.98. The highest BCUT2D eigenvalue weighted by Gasteiger charge is 2.17. The Morgan fingerprint density at radius 3 is 2.35 bits per heavy atom. The molecule has 0 fully saturated rings. The first-order valence-electron chi connectivity index (χ1n) is 7.18. The Bertz CT molecular complexity index is 697. The van der Waals surface area contributed by atoms with E-state index in [1.165, 1.54) is 0 Å². The molecular weight excluding hydrogens is 296 g/mol. The maximum atomic E-state index is 12.3. The number of esters is 1. The Hall–Kier alpha value is -2.76. The standard InChI is InChI=1S/C17H20N2O4/c1-5-23-17(20)15(16-18-6-7-19(16)2)10-12-8-13(21-3)11-14(9-12)22-4/h6-11H,5H2,1-4H3/b15-10+. The Morgan fingerprint density at radius 2 is 1.87 bits per heavy atom. The minimum absolute atomic E-state index is 0.294. The highest BCUT2D eigenvalue weighted by Crippen LogP contribution is 2.26. The number of hydrogen-bond acceptors (Lipinski definition) is 5. The van der Waals surface area contributed by atoms with Crippen molar-refractivity contribution in [3.05, 3.63) is 42.0 Å². The Morgan fingerprint density at radius 1 is 1.22 bits per heavy atom. The van der Waals surface area contributed by atoms with E-state index in [9.17, 15) is 4.79 Å². The van der Waals surface area contributed by atoms with E-state index in [0.29, 0.717) is 29.5 Å². The quantitative estimate of drug-likeness (QED) is 0.605. The van der Waals surface area contributed by atoms with Gasteiger partial charge >= 0.3 is 5.97 Å². The van der Waals surface area contributed by atoms with Crippen LogP contribution >= 0.6 is 0 Å². The van der Waals surface area contributed by atoms with Gasteiger partial charge in [0.2, 0.25) is 0 Å². The molecule has 0 aliphatic heterocycles. The number of hydrogen-bond donors (Lipinski definition) is 0. The third kappa shape index (κ3) is 3.91. The van der Waals surface area contributed by atoms with Crippen LogP contribution < -0.4 is 9.47 Å². The lowest BCUT2D eigenvalue weighted by molar-refractivity contribution is -0.136. The number of carbonyl (C=O) groups excluding carboxylic acids is 1. The number of benzene rings is 1. The van der Waals surface area contributed by atoms with Gasteiger partial charge in [-0.1, -0.05) is 0 Å². The van der Waals surface area contributed by atoms with Gasteiger partial charge in [-0.3, -0.25) is 0 Å². The van der Waals surface area contributed by atoms with Crippen molar-refractivity contribution < 1.29 is 19.0 Å². The fourth-order valence-corrected chi connectivity index (χ4v) is 2.13. The zero-order chi connectivity index (χ0) is 16.8. The van der Waals surface area contributed by atoms with Crippen LogP contribution in [0.1, 0.15) is 18.3 Å². The molecule has 2 aromatic rings. The van der Waals surface area contributed by atoms with Crippen molar-refractivity contribution in [3.63, 3.8) is 0 Å². The van der Waals surface area contributed by atoms with Gasteiger partial charge in [-0.2, -0.15) is 0 Å². The molecule has 1 heterocycles. The second-order valence-corrected chi connectivity index (χ2v) is 4.79. The molecule has 0 bridgehead atoms. The molecule has 2 rings (SSSR count). The topological polar surface area (TPSA) is 62.6 Å². The number of methoxy groups -OCH3 is 2. The molecule has 1 aromatic heterocycles. The molecule has 0 unspecified atom stereocenters. The predicted octanol–water partition coefficient (Wildman–Crippen LogP) is 2.54. The molecule has 0 N–H and O–H groups in total. The van der Waals surface area contributed by atoms with Gasteiger partial charge in [0.1, 0.15) is 22.9 Å². The zero-order valence-corrected chi connectivity index (χ0v) is 13.7. The molecule has 0 aliphatic rings. The molecule has 122 valence electrons. The molecule has 6 nitrogen and oxygen atoms in total. The van der Waals surface area contributed by atoms with E-state index in [-0.39, 0.29) is 0 Å². The lowest BCUT2D eigenvalue weighted by Gasteiger charge is -2.09. The second-order valence-electron chi connectivity index (χ2n) is 4.79. The number of ether oxygens (including phenoxy) is 3. The van der Waals surface area contributed by atoms with Gasteiger partial charge in [0.25, 0.3) is 0 Å². The lowest BCUT2D eigenvalue weighted by atomic mass is 10.1. The van der Waals surface area contributed by atoms with Crippen molar-refractivity contribution in [2.75, 3.05) is 20.8 Å². The van der Waals surface area contributed by atoms with E-state index in [0.717, 1.165) is 5.56 Å². The van der Waals surface area contributed by atoms with Crippen molar-refractivity contribution in [2.45, 2.75) is 6.92 Å². The average molecular weight is 316 g/mol. The summed E-state index contributed by atoms with van der Waals surface area (Å²) in [4.78, 5) is 16.5. The van der Waals surface area contributed by atoms with Crippen LogP contribution in [0.5, 0.6) is 11.5 Å². The summed E-state index contributed by atoms with van der Waals surface area (Å²) < 4.78 is 17.4. The summed E-state index contributed by atoms with van der Waals surface area (Å²) in [7, 11) is 4.97. The van der Waals surface area contributed by atoms with E-state index in [2.05, 4.69) is 4.98 Å². The highest BCUT2D eigenvalue weighted by molar-refractivity contribution is 6.20. The van der Waals surface area contributed by atoms with Gasteiger partial charge in [-0.25, -0.2) is 9.78 Å². The fraction of sp³-hybridized carbons (Fsp3) is 0.294. The largest absolute Gasteiger partial charge is 0.497 e. The molecule has 0 saturated heterocycles. The second kappa shape index (κ2) is 7.49. The molecule has 0 spiro atoms. The monoisotopic (exact) mass is 316 g/mol. The van der Waals surface area contributed by atoms with Gasteiger partial charge in [0, 0.05) is 25.5 Å². The van der Waals surface area contributed by atoms with Crippen molar-refractivity contribution in [2.24, 2.45) is 7.05 Å². The van der Waals surface area contributed by atoms with Crippen LogP contribution in [0.3, 0.4) is 0 Å². The predicted molar refractivity (Wildman–Crippen MR) is 87.3 cm³/mol.